The molecule has 0 aromatic heterocycles. The predicted molar refractivity (Wildman–Crippen MR) is 59.9 cm³/mol. The van der Waals surface area contributed by atoms with Crippen LogP contribution in [-0.4, -0.2) is 23.6 Å². The van der Waals surface area contributed by atoms with Gasteiger partial charge in [-0.15, -0.1) is 0 Å². The van der Waals surface area contributed by atoms with Gasteiger partial charge in [-0.25, -0.2) is 0 Å². The van der Waals surface area contributed by atoms with Crippen molar-refractivity contribution in [3.63, 3.8) is 0 Å². The molecular weight excluding hydrogens is 174 g/mol. The van der Waals surface area contributed by atoms with Crippen LogP contribution in [0.1, 0.15) is 40.5 Å². The van der Waals surface area contributed by atoms with Gasteiger partial charge >= 0.3 is 0 Å². The summed E-state index contributed by atoms with van der Waals surface area (Å²) in [5.74, 6) is 1.60. The van der Waals surface area contributed by atoms with E-state index in [1.165, 1.54) is 12.8 Å². The molecule has 0 radical (unpaired) electrons. The van der Waals surface area contributed by atoms with Crippen molar-refractivity contribution in [1.82, 2.24) is 4.90 Å². The third-order valence-electron chi connectivity index (χ3n) is 2.43. The first-order valence-electron chi connectivity index (χ1n) is 5.51. The van der Waals surface area contributed by atoms with E-state index in [2.05, 4.69) is 39.2 Å². The van der Waals surface area contributed by atoms with Gasteiger partial charge in [-0.3, -0.25) is 0 Å². The van der Waals surface area contributed by atoms with Crippen LogP contribution in [0.3, 0.4) is 0 Å². The molecule has 0 saturated carbocycles. The summed E-state index contributed by atoms with van der Waals surface area (Å²) in [5.41, 5.74) is -0.127. The largest absolute Gasteiger partial charge is 0.474 e. The second-order valence-corrected chi connectivity index (χ2v) is 5.30. The molecule has 0 amide bonds. The maximum absolute atomic E-state index is 5.76. The minimum absolute atomic E-state index is 0.127. The quantitative estimate of drug-likeness (QED) is 0.631. The Morgan fingerprint density at radius 2 is 2.07 bits per heavy atom. The van der Waals surface area contributed by atoms with Crippen LogP contribution in [0.2, 0.25) is 0 Å². The van der Waals surface area contributed by atoms with Crippen molar-refractivity contribution in [2.75, 3.05) is 13.1 Å². The Morgan fingerprint density at radius 1 is 1.43 bits per heavy atom. The average Bonchev–Trinajstić information content (AvgIpc) is 2.01. The highest BCUT2D eigenvalue weighted by Gasteiger charge is 2.21. The molecule has 0 bridgehead atoms. The van der Waals surface area contributed by atoms with E-state index in [0.29, 0.717) is 0 Å². The van der Waals surface area contributed by atoms with E-state index in [0.717, 1.165) is 24.9 Å². The Hall–Kier alpha value is -0.660. The Morgan fingerprint density at radius 3 is 2.57 bits per heavy atom. The van der Waals surface area contributed by atoms with Gasteiger partial charge in [0.15, 0.2) is 5.88 Å². The van der Waals surface area contributed by atoms with Crippen LogP contribution in [0.25, 0.3) is 0 Å². The molecule has 0 aromatic rings. The summed E-state index contributed by atoms with van der Waals surface area (Å²) in [6.45, 7) is 14.7. The van der Waals surface area contributed by atoms with E-state index in [9.17, 15) is 0 Å². The van der Waals surface area contributed by atoms with Gasteiger partial charge in [0.2, 0.25) is 0 Å². The fourth-order valence-corrected chi connectivity index (χ4v) is 1.83. The topological polar surface area (TPSA) is 12.5 Å². The Kier molecular flexibility index (Phi) is 3.46. The zero-order valence-electron chi connectivity index (χ0n) is 9.97. The molecule has 1 saturated heterocycles. The summed E-state index contributed by atoms with van der Waals surface area (Å²) in [7, 11) is 0. The molecule has 2 heteroatoms. The monoisotopic (exact) mass is 197 g/mol. The number of hydrogen-bond acceptors (Lipinski definition) is 2. The molecule has 1 fully saturated rings. The lowest BCUT2D eigenvalue weighted by molar-refractivity contribution is -0.00666. The molecule has 1 rings (SSSR count). The van der Waals surface area contributed by atoms with Crippen LogP contribution in [0.4, 0.5) is 0 Å². The molecule has 1 atom stereocenters. The highest BCUT2D eigenvalue weighted by Crippen LogP contribution is 2.22. The first-order chi connectivity index (χ1) is 6.38. The van der Waals surface area contributed by atoms with E-state index in [1.807, 2.05) is 0 Å². The fourth-order valence-electron chi connectivity index (χ4n) is 1.83. The third kappa shape index (κ3) is 3.60. The smallest absolute Gasteiger partial charge is 0.182 e. The molecule has 0 aliphatic carbocycles. The number of hydrogen-bond donors (Lipinski definition) is 0. The first kappa shape index (κ1) is 11.4. The Balaban J connectivity index is 2.44. The molecule has 82 valence electrons. The highest BCUT2D eigenvalue weighted by atomic mass is 16.5. The number of rotatable bonds is 2. The fraction of sp³-hybridized carbons (Fsp3) is 0.833. The van der Waals surface area contributed by atoms with Gasteiger partial charge in [0.05, 0.1) is 0 Å². The van der Waals surface area contributed by atoms with Gasteiger partial charge in [0, 0.05) is 13.1 Å². The maximum Gasteiger partial charge on any atom is 0.182 e. The van der Waals surface area contributed by atoms with Gasteiger partial charge in [0.25, 0.3) is 0 Å². The molecule has 14 heavy (non-hydrogen) atoms. The van der Waals surface area contributed by atoms with E-state index < -0.39 is 0 Å². The minimum Gasteiger partial charge on any atom is -0.474 e. The summed E-state index contributed by atoms with van der Waals surface area (Å²) in [6, 6.07) is 0. The SMILES string of the molecule is C=C(OC(C)(C)C)N1CCCC(C)C1. The second-order valence-electron chi connectivity index (χ2n) is 5.30. The predicted octanol–water partition coefficient (Wildman–Crippen LogP) is 3.00. The van der Waals surface area contributed by atoms with Crippen molar-refractivity contribution in [2.24, 2.45) is 5.92 Å². The minimum atomic E-state index is -0.127. The van der Waals surface area contributed by atoms with Crippen molar-refractivity contribution in [1.29, 1.82) is 0 Å². The summed E-state index contributed by atoms with van der Waals surface area (Å²) in [6.07, 6.45) is 2.59. The number of piperidine rings is 1. The normalized spacial score (nSPS) is 23.4. The summed E-state index contributed by atoms with van der Waals surface area (Å²) < 4.78 is 5.76. The lowest BCUT2D eigenvalue weighted by Crippen LogP contribution is -2.36. The molecule has 1 aliphatic heterocycles. The second kappa shape index (κ2) is 4.24. The van der Waals surface area contributed by atoms with E-state index in [-0.39, 0.29) is 5.60 Å². The van der Waals surface area contributed by atoms with Crippen molar-refractivity contribution >= 4 is 0 Å². The van der Waals surface area contributed by atoms with Crippen LogP contribution >= 0.6 is 0 Å². The van der Waals surface area contributed by atoms with Crippen LogP contribution < -0.4 is 0 Å². The average molecular weight is 197 g/mol. The standard InChI is InChI=1S/C12H23NO/c1-10-7-6-8-13(9-10)11(2)14-12(3,4)5/h10H,2,6-9H2,1,3-5H3. The van der Waals surface area contributed by atoms with Gasteiger partial charge in [-0.2, -0.15) is 0 Å². The van der Waals surface area contributed by atoms with E-state index in [4.69, 9.17) is 4.74 Å². The maximum atomic E-state index is 5.76. The third-order valence-corrected chi connectivity index (χ3v) is 2.43. The van der Waals surface area contributed by atoms with Crippen LogP contribution in [-0.2, 0) is 4.74 Å². The molecule has 1 heterocycles. The molecule has 2 nitrogen and oxygen atoms in total. The molecule has 1 unspecified atom stereocenters. The molecule has 0 aromatic carbocycles. The van der Waals surface area contributed by atoms with Crippen molar-refractivity contribution in [3.8, 4) is 0 Å². The van der Waals surface area contributed by atoms with Gasteiger partial charge in [0.1, 0.15) is 5.60 Å². The van der Waals surface area contributed by atoms with Crippen molar-refractivity contribution < 1.29 is 4.74 Å². The number of nitrogens with zero attached hydrogens (tertiary/aromatic N) is 1. The zero-order valence-corrected chi connectivity index (χ0v) is 9.97. The zero-order chi connectivity index (χ0) is 10.8. The molecule has 1 aliphatic rings. The van der Waals surface area contributed by atoms with E-state index >= 15 is 0 Å². The summed E-state index contributed by atoms with van der Waals surface area (Å²) in [5, 5.41) is 0. The number of ether oxygens (including phenoxy) is 1. The van der Waals surface area contributed by atoms with Crippen molar-refractivity contribution in [2.45, 2.75) is 46.1 Å². The van der Waals surface area contributed by atoms with E-state index in [1.54, 1.807) is 0 Å². The lowest BCUT2D eigenvalue weighted by atomic mass is 10.0. The van der Waals surface area contributed by atoms with Crippen LogP contribution in [0.5, 0.6) is 0 Å². The molecule has 0 N–H and O–H groups in total. The van der Waals surface area contributed by atoms with Gasteiger partial charge < -0.3 is 9.64 Å². The number of likely N-dealkylation sites (tertiary alicyclic amines) is 1. The Bertz CT molecular complexity index is 205. The first-order valence-corrected chi connectivity index (χ1v) is 5.51. The highest BCUT2D eigenvalue weighted by molar-refractivity contribution is 4.89. The summed E-state index contributed by atoms with van der Waals surface area (Å²) in [4.78, 5) is 2.26. The van der Waals surface area contributed by atoms with Crippen molar-refractivity contribution in [3.05, 3.63) is 12.5 Å². The lowest BCUT2D eigenvalue weighted by Gasteiger charge is -2.36. The Labute approximate surface area is 87.9 Å². The van der Waals surface area contributed by atoms with Crippen LogP contribution in [0.15, 0.2) is 12.5 Å². The molecule has 0 spiro atoms. The van der Waals surface area contributed by atoms with Crippen LogP contribution in [0, 0.1) is 5.92 Å². The van der Waals surface area contributed by atoms with Gasteiger partial charge in [-0.1, -0.05) is 6.92 Å². The van der Waals surface area contributed by atoms with Gasteiger partial charge in [-0.05, 0) is 46.1 Å². The molecular formula is C12H23NO. The summed E-state index contributed by atoms with van der Waals surface area (Å²) >= 11 is 0.